The van der Waals surface area contributed by atoms with Crippen molar-refractivity contribution in [3.63, 3.8) is 0 Å². The molecule has 0 bridgehead atoms. The van der Waals surface area contributed by atoms with Crippen molar-refractivity contribution in [1.82, 2.24) is 10.3 Å². The van der Waals surface area contributed by atoms with E-state index < -0.39 is 0 Å². The predicted molar refractivity (Wildman–Crippen MR) is 117 cm³/mol. The van der Waals surface area contributed by atoms with Gasteiger partial charge in [-0.05, 0) is 53.9 Å². The minimum Gasteiger partial charge on any atom is -0.484 e. The largest absolute Gasteiger partial charge is 0.484 e. The van der Waals surface area contributed by atoms with Crippen LogP contribution < -0.4 is 10.1 Å². The van der Waals surface area contributed by atoms with E-state index in [1.54, 1.807) is 48.5 Å². The molecule has 4 rings (SSSR count). The van der Waals surface area contributed by atoms with Crippen LogP contribution in [0.15, 0.2) is 78.9 Å². The number of halogens is 1. The molecule has 1 aromatic heterocycles. The Hall–Kier alpha value is -3.57. The minimum atomic E-state index is -0.232. The topological polar surface area (TPSA) is 71.2 Å². The molecule has 0 atom stereocenters. The minimum absolute atomic E-state index is 0.113. The number of aromatic amines is 1. The van der Waals surface area contributed by atoms with E-state index in [-0.39, 0.29) is 18.3 Å². The third-order valence-electron chi connectivity index (χ3n) is 4.67. The zero-order valence-corrected chi connectivity index (χ0v) is 16.8. The third kappa shape index (κ3) is 4.53. The summed E-state index contributed by atoms with van der Waals surface area (Å²) in [4.78, 5) is 27.9. The van der Waals surface area contributed by atoms with Gasteiger partial charge in [-0.2, -0.15) is 0 Å². The molecule has 3 aromatic carbocycles. The molecule has 6 heteroatoms. The summed E-state index contributed by atoms with van der Waals surface area (Å²) in [6.07, 6.45) is 0. The number of ether oxygens (including phenoxy) is 1. The molecule has 0 spiro atoms. The van der Waals surface area contributed by atoms with E-state index in [2.05, 4.69) is 10.3 Å². The molecule has 30 heavy (non-hydrogen) atoms. The summed E-state index contributed by atoms with van der Waals surface area (Å²) in [6, 6.07) is 23.5. The second kappa shape index (κ2) is 8.84. The van der Waals surface area contributed by atoms with E-state index in [0.29, 0.717) is 28.4 Å². The van der Waals surface area contributed by atoms with Crippen molar-refractivity contribution in [2.45, 2.75) is 6.54 Å². The number of hydrogen-bond donors (Lipinski definition) is 2. The number of amides is 1. The Labute approximate surface area is 178 Å². The number of aromatic nitrogens is 1. The fourth-order valence-corrected chi connectivity index (χ4v) is 3.35. The molecule has 0 fully saturated rings. The molecule has 0 saturated heterocycles. The lowest BCUT2D eigenvalue weighted by molar-refractivity contribution is -0.123. The Morgan fingerprint density at radius 2 is 1.67 bits per heavy atom. The van der Waals surface area contributed by atoms with E-state index in [4.69, 9.17) is 16.3 Å². The first kappa shape index (κ1) is 19.7. The van der Waals surface area contributed by atoms with Crippen LogP contribution in [0.2, 0.25) is 5.02 Å². The average molecular weight is 419 g/mol. The molecule has 0 aliphatic rings. The number of carbonyl (C=O) groups excluding carboxylic acids is 2. The monoisotopic (exact) mass is 418 g/mol. The summed E-state index contributed by atoms with van der Waals surface area (Å²) in [7, 11) is 0. The molecule has 0 aliphatic carbocycles. The highest BCUT2D eigenvalue weighted by Crippen LogP contribution is 2.21. The predicted octanol–water partition coefficient (Wildman–Crippen LogP) is 4.75. The molecular formula is C24H19ClN2O3. The quantitative estimate of drug-likeness (QED) is 0.425. The van der Waals surface area contributed by atoms with Gasteiger partial charge < -0.3 is 15.0 Å². The number of nitrogens with one attached hydrogen (secondary N) is 2. The zero-order valence-electron chi connectivity index (χ0n) is 16.0. The van der Waals surface area contributed by atoms with Crippen molar-refractivity contribution in [2.75, 3.05) is 6.61 Å². The molecule has 0 saturated carbocycles. The van der Waals surface area contributed by atoms with Gasteiger partial charge in [0.2, 0.25) is 0 Å². The van der Waals surface area contributed by atoms with Crippen LogP contribution in [0, 0.1) is 0 Å². The van der Waals surface area contributed by atoms with Crippen molar-refractivity contribution in [3.8, 4) is 5.75 Å². The fourth-order valence-electron chi connectivity index (χ4n) is 3.13. The van der Waals surface area contributed by atoms with Gasteiger partial charge in [-0.3, -0.25) is 9.59 Å². The summed E-state index contributed by atoms with van der Waals surface area (Å²) in [5, 5.41) is 4.34. The highest BCUT2D eigenvalue weighted by atomic mass is 35.5. The number of fused-ring (bicyclic) bond motifs is 1. The lowest BCUT2D eigenvalue weighted by Gasteiger charge is -2.08. The summed E-state index contributed by atoms with van der Waals surface area (Å²) in [6.45, 7) is 0.278. The fraction of sp³-hybridized carbons (Fsp3) is 0.0833. The molecule has 2 N–H and O–H groups in total. The average Bonchev–Trinajstić information content (AvgIpc) is 3.19. The number of para-hydroxylation sites is 1. The number of benzene rings is 3. The van der Waals surface area contributed by atoms with E-state index >= 15 is 0 Å². The number of H-pyrrole nitrogens is 1. The molecule has 0 unspecified atom stereocenters. The van der Waals surface area contributed by atoms with E-state index in [0.717, 1.165) is 16.6 Å². The van der Waals surface area contributed by atoms with Gasteiger partial charge in [0, 0.05) is 22.3 Å². The zero-order chi connectivity index (χ0) is 20.9. The maximum absolute atomic E-state index is 12.5. The molecule has 150 valence electrons. The highest BCUT2D eigenvalue weighted by Gasteiger charge is 2.12. The number of ketones is 1. The lowest BCUT2D eigenvalue weighted by Crippen LogP contribution is -2.28. The second-order valence-corrected chi connectivity index (χ2v) is 7.19. The van der Waals surface area contributed by atoms with E-state index in [1.807, 2.05) is 30.3 Å². The van der Waals surface area contributed by atoms with Crippen LogP contribution >= 0.6 is 11.6 Å². The normalized spacial score (nSPS) is 10.7. The molecule has 0 aliphatic heterocycles. The van der Waals surface area contributed by atoms with Crippen molar-refractivity contribution in [1.29, 1.82) is 0 Å². The first-order valence-corrected chi connectivity index (χ1v) is 9.83. The standard InChI is InChI=1S/C24H19ClN2O3/c25-21-7-3-2-6-20(21)24(29)16-9-11-19(12-10-16)30-15-23(28)26-14-18-13-17-5-1-4-8-22(17)27-18/h1-13,27H,14-15H2,(H,26,28). The molecule has 5 nitrogen and oxygen atoms in total. The van der Waals surface area contributed by atoms with Crippen LogP contribution in [0.3, 0.4) is 0 Å². The van der Waals surface area contributed by atoms with Gasteiger partial charge in [0.1, 0.15) is 5.75 Å². The lowest BCUT2D eigenvalue weighted by atomic mass is 10.0. The Morgan fingerprint density at radius 1 is 0.933 bits per heavy atom. The third-order valence-corrected chi connectivity index (χ3v) is 5.00. The molecular weight excluding hydrogens is 400 g/mol. The van der Waals surface area contributed by atoms with Crippen LogP contribution in [0.1, 0.15) is 21.6 Å². The molecule has 1 amide bonds. The number of carbonyl (C=O) groups is 2. The van der Waals surface area contributed by atoms with Gasteiger partial charge in [0.15, 0.2) is 12.4 Å². The van der Waals surface area contributed by atoms with Gasteiger partial charge >= 0.3 is 0 Å². The highest BCUT2D eigenvalue weighted by molar-refractivity contribution is 6.34. The van der Waals surface area contributed by atoms with Gasteiger partial charge in [-0.15, -0.1) is 0 Å². The SMILES string of the molecule is O=C(COc1ccc(C(=O)c2ccccc2Cl)cc1)NCc1cc2ccccc2[nH]1. The summed E-state index contributed by atoms with van der Waals surface area (Å²) >= 11 is 6.09. The van der Waals surface area contributed by atoms with Crippen LogP contribution in [0.25, 0.3) is 10.9 Å². The maximum atomic E-state index is 12.5. The Morgan fingerprint density at radius 3 is 2.43 bits per heavy atom. The van der Waals surface area contributed by atoms with Crippen LogP contribution in [-0.4, -0.2) is 23.3 Å². The summed E-state index contributed by atoms with van der Waals surface area (Å²) in [5.74, 6) is 0.111. The van der Waals surface area contributed by atoms with E-state index in [9.17, 15) is 9.59 Å². The van der Waals surface area contributed by atoms with Gasteiger partial charge in [-0.1, -0.05) is 41.9 Å². The van der Waals surface area contributed by atoms with Crippen LogP contribution in [0.5, 0.6) is 5.75 Å². The smallest absolute Gasteiger partial charge is 0.258 e. The molecule has 0 radical (unpaired) electrons. The van der Waals surface area contributed by atoms with Crippen molar-refractivity contribution in [3.05, 3.63) is 101 Å². The number of hydrogen-bond acceptors (Lipinski definition) is 3. The van der Waals surface area contributed by atoms with Crippen molar-refractivity contribution >= 4 is 34.2 Å². The van der Waals surface area contributed by atoms with Gasteiger partial charge in [0.25, 0.3) is 5.91 Å². The van der Waals surface area contributed by atoms with Crippen LogP contribution in [-0.2, 0) is 11.3 Å². The maximum Gasteiger partial charge on any atom is 0.258 e. The molecule has 1 heterocycles. The first-order chi connectivity index (χ1) is 14.6. The van der Waals surface area contributed by atoms with Crippen molar-refractivity contribution in [2.24, 2.45) is 0 Å². The first-order valence-electron chi connectivity index (χ1n) is 9.45. The van der Waals surface area contributed by atoms with Gasteiger partial charge in [-0.25, -0.2) is 0 Å². The summed E-state index contributed by atoms with van der Waals surface area (Å²) in [5.41, 5.74) is 2.90. The van der Waals surface area contributed by atoms with Gasteiger partial charge in [0.05, 0.1) is 11.6 Å². The van der Waals surface area contributed by atoms with Crippen molar-refractivity contribution < 1.29 is 14.3 Å². The second-order valence-electron chi connectivity index (χ2n) is 6.78. The Bertz CT molecular complexity index is 1170. The molecule has 4 aromatic rings. The Balaban J connectivity index is 1.30. The van der Waals surface area contributed by atoms with E-state index in [1.165, 1.54) is 0 Å². The Kier molecular flexibility index (Phi) is 5.82. The number of rotatable bonds is 7. The summed E-state index contributed by atoms with van der Waals surface area (Å²) < 4.78 is 5.52. The van der Waals surface area contributed by atoms with Crippen LogP contribution in [0.4, 0.5) is 0 Å².